The van der Waals surface area contributed by atoms with Crippen LogP contribution < -0.4 is 10.6 Å². The highest BCUT2D eigenvalue weighted by molar-refractivity contribution is 5.89. The number of carbonyl (C=O) groups excluding carboxylic acids is 2. The zero-order valence-electron chi connectivity index (χ0n) is 11.5. The molecule has 0 radical (unpaired) electrons. The zero-order valence-corrected chi connectivity index (χ0v) is 11.5. The largest absolute Gasteiger partial charge is 0.462 e. The van der Waals surface area contributed by atoms with Crippen LogP contribution in [0.25, 0.3) is 0 Å². The number of hydrogen-bond donors (Lipinski definition) is 2. The third kappa shape index (κ3) is 4.34. The van der Waals surface area contributed by atoms with Crippen LogP contribution in [0.4, 0.5) is 10.7 Å². The van der Waals surface area contributed by atoms with Gasteiger partial charge < -0.3 is 14.6 Å². The summed E-state index contributed by atoms with van der Waals surface area (Å²) in [6, 6.07) is 7.95. The predicted octanol–water partition coefficient (Wildman–Crippen LogP) is 2.17. The number of amides is 2. The average Bonchev–Trinajstić information content (AvgIpc) is 2.99. The number of ether oxygens (including phenoxy) is 1. The molecule has 2 amide bonds. The minimum atomic E-state index is -0.402. The molecule has 2 N–H and O–H groups in total. The fourth-order valence-electron chi connectivity index (χ4n) is 1.59. The van der Waals surface area contributed by atoms with Gasteiger partial charge in [-0.1, -0.05) is 17.3 Å². The van der Waals surface area contributed by atoms with Crippen molar-refractivity contribution >= 4 is 17.9 Å². The molecule has 0 saturated carbocycles. The van der Waals surface area contributed by atoms with E-state index < -0.39 is 6.03 Å². The number of benzene rings is 1. The highest BCUT2D eigenvalue weighted by Gasteiger charge is 2.07. The lowest BCUT2D eigenvalue weighted by atomic mass is 10.1. The van der Waals surface area contributed by atoms with Crippen molar-refractivity contribution in [2.24, 2.45) is 0 Å². The molecule has 21 heavy (non-hydrogen) atoms. The van der Waals surface area contributed by atoms with Crippen LogP contribution in [0.1, 0.15) is 22.8 Å². The summed E-state index contributed by atoms with van der Waals surface area (Å²) in [5.74, 6) is -0.0924. The van der Waals surface area contributed by atoms with Crippen LogP contribution in [-0.4, -0.2) is 23.8 Å². The first kappa shape index (κ1) is 14.6. The molecule has 7 nitrogen and oxygen atoms in total. The van der Waals surface area contributed by atoms with Gasteiger partial charge in [0, 0.05) is 12.6 Å². The maximum absolute atomic E-state index is 11.6. The second-order valence-electron chi connectivity index (χ2n) is 4.10. The fourth-order valence-corrected chi connectivity index (χ4v) is 1.59. The maximum atomic E-state index is 11.6. The molecule has 1 aromatic heterocycles. The van der Waals surface area contributed by atoms with Gasteiger partial charge in [0.2, 0.25) is 5.88 Å². The topological polar surface area (TPSA) is 93.5 Å². The van der Waals surface area contributed by atoms with E-state index in [1.54, 1.807) is 31.2 Å². The van der Waals surface area contributed by atoms with Crippen molar-refractivity contribution in [2.45, 2.75) is 13.5 Å². The Bertz CT molecular complexity index is 593. The summed E-state index contributed by atoms with van der Waals surface area (Å²) in [6.45, 7) is 2.41. The van der Waals surface area contributed by atoms with Crippen LogP contribution >= 0.6 is 0 Å². The van der Waals surface area contributed by atoms with Gasteiger partial charge in [0.15, 0.2) is 0 Å². The van der Waals surface area contributed by atoms with Gasteiger partial charge in [-0.3, -0.25) is 5.32 Å². The Balaban J connectivity index is 1.83. The normalized spacial score (nSPS) is 9.95. The second-order valence-corrected chi connectivity index (χ2v) is 4.10. The first-order valence-corrected chi connectivity index (χ1v) is 6.40. The van der Waals surface area contributed by atoms with Gasteiger partial charge >= 0.3 is 12.0 Å². The molecule has 0 saturated heterocycles. The Labute approximate surface area is 121 Å². The molecule has 0 bridgehead atoms. The molecule has 2 rings (SSSR count). The number of aromatic nitrogens is 1. The fraction of sp³-hybridized carbons (Fsp3) is 0.214. The maximum Gasteiger partial charge on any atom is 0.338 e. The standard InChI is InChI=1S/C14H15N3O4/c1-2-20-13(18)11-5-3-10(4-6-11)9-15-14(19)17-12-7-8-16-21-12/h3-8H,2,9H2,1H3,(H2,15,17,19). The van der Waals surface area contributed by atoms with Crippen LogP contribution in [0.5, 0.6) is 0 Å². The van der Waals surface area contributed by atoms with E-state index in [9.17, 15) is 9.59 Å². The molecule has 0 unspecified atom stereocenters. The first-order valence-electron chi connectivity index (χ1n) is 6.40. The van der Waals surface area contributed by atoms with E-state index in [0.29, 0.717) is 18.7 Å². The van der Waals surface area contributed by atoms with Gasteiger partial charge in [-0.15, -0.1) is 0 Å². The Morgan fingerprint density at radius 1 is 1.24 bits per heavy atom. The summed E-state index contributed by atoms with van der Waals surface area (Å²) in [7, 11) is 0. The van der Waals surface area contributed by atoms with Gasteiger partial charge in [0.1, 0.15) is 0 Å². The van der Waals surface area contributed by atoms with Crippen molar-refractivity contribution in [3.05, 3.63) is 47.7 Å². The summed E-state index contributed by atoms with van der Waals surface area (Å²) in [6.07, 6.45) is 1.43. The van der Waals surface area contributed by atoms with E-state index in [2.05, 4.69) is 15.8 Å². The number of nitrogens with zero attached hydrogens (tertiary/aromatic N) is 1. The molecule has 0 fully saturated rings. The monoisotopic (exact) mass is 289 g/mol. The van der Waals surface area contributed by atoms with Gasteiger partial charge in [-0.25, -0.2) is 9.59 Å². The van der Waals surface area contributed by atoms with Crippen LogP contribution in [0, 0.1) is 0 Å². The highest BCUT2D eigenvalue weighted by Crippen LogP contribution is 2.07. The van der Waals surface area contributed by atoms with Gasteiger partial charge in [-0.05, 0) is 24.6 Å². The van der Waals surface area contributed by atoms with Crippen molar-refractivity contribution in [1.82, 2.24) is 10.5 Å². The Hall–Kier alpha value is -2.83. The highest BCUT2D eigenvalue weighted by atomic mass is 16.5. The van der Waals surface area contributed by atoms with E-state index in [4.69, 9.17) is 9.26 Å². The molecule has 7 heteroatoms. The quantitative estimate of drug-likeness (QED) is 0.823. The van der Waals surface area contributed by atoms with Gasteiger partial charge in [-0.2, -0.15) is 0 Å². The molecule has 0 atom stereocenters. The van der Waals surface area contributed by atoms with Gasteiger partial charge in [0.05, 0.1) is 18.4 Å². The lowest BCUT2D eigenvalue weighted by Crippen LogP contribution is -2.27. The Morgan fingerprint density at radius 2 is 2.00 bits per heavy atom. The molecule has 1 heterocycles. The number of nitrogens with one attached hydrogen (secondary N) is 2. The lowest BCUT2D eigenvalue weighted by molar-refractivity contribution is 0.0526. The Kier molecular flexibility index (Phi) is 4.92. The van der Waals surface area contributed by atoms with E-state index in [0.717, 1.165) is 5.56 Å². The molecular weight excluding hydrogens is 274 g/mol. The second kappa shape index (κ2) is 7.09. The third-order valence-corrected chi connectivity index (χ3v) is 2.59. The van der Waals surface area contributed by atoms with Crippen molar-refractivity contribution in [3.63, 3.8) is 0 Å². The molecule has 0 spiro atoms. The molecule has 0 aliphatic rings. The summed E-state index contributed by atoms with van der Waals surface area (Å²) in [5.41, 5.74) is 1.34. The first-order chi connectivity index (χ1) is 10.2. The minimum Gasteiger partial charge on any atom is -0.462 e. The number of rotatable bonds is 5. The summed E-state index contributed by atoms with van der Waals surface area (Å²) in [5, 5.41) is 8.62. The SMILES string of the molecule is CCOC(=O)c1ccc(CNC(=O)Nc2ccno2)cc1. The average molecular weight is 289 g/mol. The van der Waals surface area contributed by atoms with Crippen molar-refractivity contribution in [2.75, 3.05) is 11.9 Å². The number of esters is 1. The minimum absolute atomic E-state index is 0.269. The third-order valence-electron chi connectivity index (χ3n) is 2.59. The predicted molar refractivity (Wildman–Crippen MR) is 74.8 cm³/mol. The van der Waals surface area contributed by atoms with Gasteiger partial charge in [0.25, 0.3) is 0 Å². The molecule has 0 aliphatic heterocycles. The van der Waals surface area contributed by atoms with Crippen LogP contribution in [0.2, 0.25) is 0 Å². The van der Waals surface area contributed by atoms with Crippen molar-refractivity contribution < 1.29 is 18.8 Å². The van der Waals surface area contributed by atoms with Crippen LogP contribution in [0.3, 0.4) is 0 Å². The summed E-state index contributed by atoms with van der Waals surface area (Å²) >= 11 is 0. The molecule has 2 aromatic rings. The van der Waals surface area contributed by atoms with E-state index in [-0.39, 0.29) is 11.9 Å². The lowest BCUT2D eigenvalue weighted by Gasteiger charge is -2.06. The zero-order chi connectivity index (χ0) is 15.1. The van der Waals surface area contributed by atoms with Crippen molar-refractivity contribution in [1.29, 1.82) is 0 Å². The number of hydrogen-bond acceptors (Lipinski definition) is 5. The van der Waals surface area contributed by atoms with Crippen LogP contribution in [-0.2, 0) is 11.3 Å². The van der Waals surface area contributed by atoms with Crippen LogP contribution in [0.15, 0.2) is 41.1 Å². The summed E-state index contributed by atoms with van der Waals surface area (Å²) < 4.78 is 9.64. The molecular formula is C14H15N3O4. The Morgan fingerprint density at radius 3 is 2.62 bits per heavy atom. The van der Waals surface area contributed by atoms with E-state index in [1.807, 2.05) is 0 Å². The number of anilines is 1. The molecule has 0 aliphatic carbocycles. The van der Waals surface area contributed by atoms with E-state index in [1.165, 1.54) is 12.3 Å². The number of carbonyl (C=O) groups is 2. The van der Waals surface area contributed by atoms with Crippen molar-refractivity contribution in [3.8, 4) is 0 Å². The smallest absolute Gasteiger partial charge is 0.338 e. The van der Waals surface area contributed by atoms with E-state index >= 15 is 0 Å². The number of urea groups is 1. The molecule has 1 aromatic carbocycles. The summed E-state index contributed by atoms with van der Waals surface area (Å²) in [4.78, 5) is 23.0. The molecule has 110 valence electrons.